The summed E-state index contributed by atoms with van der Waals surface area (Å²) >= 11 is 0. The van der Waals surface area contributed by atoms with Crippen LogP contribution in [0.3, 0.4) is 0 Å². The molecule has 1 rings (SSSR count). The first-order chi connectivity index (χ1) is 7.09. The molecular formula is C12H18N2O. The predicted molar refractivity (Wildman–Crippen MR) is 60.5 cm³/mol. The summed E-state index contributed by atoms with van der Waals surface area (Å²) in [4.78, 5) is 17.2. The third-order valence-electron chi connectivity index (χ3n) is 2.29. The summed E-state index contributed by atoms with van der Waals surface area (Å²) in [5.74, 6) is 0.206. The molecule has 0 saturated carbocycles. The van der Waals surface area contributed by atoms with Crippen LogP contribution in [0.15, 0.2) is 24.5 Å². The molecule has 0 fully saturated rings. The van der Waals surface area contributed by atoms with Gasteiger partial charge in [-0.1, -0.05) is 0 Å². The van der Waals surface area contributed by atoms with E-state index in [4.69, 9.17) is 0 Å². The molecular weight excluding hydrogens is 188 g/mol. The topological polar surface area (TPSA) is 33.2 Å². The Morgan fingerprint density at radius 3 is 2.47 bits per heavy atom. The van der Waals surface area contributed by atoms with Crippen molar-refractivity contribution in [1.29, 1.82) is 0 Å². The van der Waals surface area contributed by atoms with Crippen LogP contribution in [0.2, 0.25) is 0 Å². The Hall–Kier alpha value is -1.22. The SMILES string of the molecule is CC(=O)CN(Cc1ccncc1)C(C)C. The minimum absolute atomic E-state index is 0.206. The largest absolute Gasteiger partial charge is 0.299 e. The van der Waals surface area contributed by atoms with E-state index in [9.17, 15) is 4.79 Å². The lowest BCUT2D eigenvalue weighted by molar-refractivity contribution is -0.118. The average molecular weight is 206 g/mol. The Bertz CT molecular complexity index is 309. The van der Waals surface area contributed by atoms with Crippen LogP contribution in [-0.2, 0) is 11.3 Å². The lowest BCUT2D eigenvalue weighted by Gasteiger charge is -2.25. The minimum atomic E-state index is 0.206. The van der Waals surface area contributed by atoms with Crippen LogP contribution in [0, 0.1) is 0 Å². The lowest BCUT2D eigenvalue weighted by atomic mass is 10.2. The van der Waals surface area contributed by atoms with E-state index in [1.54, 1.807) is 19.3 Å². The van der Waals surface area contributed by atoms with Crippen molar-refractivity contribution in [2.75, 3.05) is 6.54 Å². The van der Waals surface area contributed by atoms with Gasteiger partial charge in [-0.05, 0) is 38.5 Å². The molecule has 0 saturated heterocycles. The minimum Gasteiger partial charge on any atom is -0.299 e. The van der Waals surface area contributed by atoms with E-state index >= 15 is 0 Å². The number of nitrogens with zero attached hydrogens (tertiary/aromatic N) is 2. The molecule has 0 spiro atoms. The summed E-state index contributed by atoms with van der Waals surface area (Å²) < 4.78 is 0. The zero-order valence-corrected chi connectivity index (χ0v) is 9.60. The summed E-state index contributed by atoms with van der Waals surface area (Å²) in [5, 5.41) is 0. The molecule has 82 valence electrons. The molecule has 0 radical (unpaired) electrons. The van der Waals surface area contributed by atoms with Gasteiger partial charge in [0, 0.05) is 25.0 Å². The Morgan fingerprint density at radius 2 is 2.00 bits per heavy atom. The van der Waals surface area contributed by atoms with Gasteiger partial charge in [-0.2, -0.15) is 0 Å². The third kappa shape index (κ3) is 4.21. The number of Topliss-reactive ketones (excluding diaryl/α,β-unsaturated/α-hetero) is 1. The fourth-order valence-electron chi connectivity index (χ4n) is 1.43. The van der Waals surface area contributed by atoms with Crippen LogP contribution in [0.1, 0.15) is 26.3 Å². The smallest absolute Gasteiger partial charge is 0.143 e. The van der Waals surface area contributed by atoms with Crippen LogP contribution in [0.25, 0.3) is 0 Å². The van der Waals surface area contributed by atoms with E-state index in [1.807, 2.05) is 12.1 Å². The van der Waals surface area contributed by atoms with Crippen LogP contribution in [0.4, 0.5) is 0 Å². The van der Waals surface area contributed by atoms with Crippen molar-refractivity contribution in [2.24, 2.45) is 0 Å². The van der Waals surface area contributed by atoms with Gasteiger partial charge in [0.2, 0.25) is 0 Å². The van der Waals surface area contributed by atoms with Crippen LogP contribution < -0.4 is 0 Å². The molecule has 0 aliphatic rings. The maximum Gasteiger partial charge on any atom is 0.143 e. The normalized spacial score (nSPS) is 11.0. The number of pyridine rings is 1. The molecule has 1 aromatic heterocycles. The molecule has 0 atom stereocenters. The number of hydrogen-bond acceptors (Lipinski definition) is 3. The molecule has 0 amide bonds. The Balaban J connectivity index is 2.63. The van der Waals surface area contributed by atoms with E-state index in [-0.39, 0.29) is 5.78 Å². The number of aromatic nitrogens is 1. The molecule has 0 aliphatic carbocycles. The monoisotopic (exact) mass is 206 g/mol. The van der Waals surface area contributed by atoms with Crippen molar-refractivity contribution in [3.05, 3.63) is 30.1 Å². The standard InChI is InChI=1S/C12H18N2O/c1-10(2)14(8-11(3)15)9-12-4-6-13-7-5-12/h4-7,10H,8-9H2,1-3H3. The van der Waals surface area contributed by atoms with Crippen molar-refractivity contribution in [3.63, 3.8) is 0 Å². The van der Waals surface area contributed by atoms with E-state index in [0.29, 0.717) is 12.6 Å². The van der Waals surface area contributed by atoms with Gasteiger partial charge in [0.1, 0.15) is 5.78 Å². The van der Waals surface area contributed by atoms with Gasteiger partial charge in [-0.3, -0.25) is 14.7 Å². The quantitative estimate of drug-likeness (QED) is 0.737. The van der Waals surface area contributed by atoms with Gasteiger partial charge in [0.05, 0.1) is 6.54 Å². The molecule has 0 aromatic carbocycles. The first-order valence-corrected chi connectivity index (χ1v) is 5.22. The first-order valence-electron chi connectivity index (χ1n) is 5.22. The highest BCUT2D eigenvalue weighted by Crippen LogP contribution is 2.06. The molecule has 1 aromatic rings. The number of rotatable bonds is 5. The van der Waals surface area contributed by atoms with E-state index in [2.05, 4.69) is 23.7 Å². The van der Waals surface area contributed by atoms with Gasteiger partial charge in [-0.25, -0.2) is 0 Å². The fourth-order valence-corrected chi connectivity index (χ4v) is 1.43. The Labute approximate surface area is 91.1 Å². The zero-order chi connectivity index (χ0) is 11.3. The summed E-state index contributed by atoms with van der Waals surface area (Å²) in [7, 11) is 0. The van der Waals surface area contributed by atoms with E-state index in [1.165, 1.54) is 5.56 Å². The first kappa shape index (κ1) is 11.9. The molecule has 0 N–H and O–H groups in total. The number of ketones is 1. The second-order valence-electron chi connectivity index (χ2n) is 4.06. The van der Waals surface area contributed by atoms with E-state index in [0.717, 1.165) is 6.54 Å². The summed E-state index contributed by atoms with van der Waals surface area (Å²) in [6.07, 6.45) is 3.56. The van der Waals surface area contributed by atoms with Crippen molar-refractivity contribution < 1.29 is 4.79 Å². The highest BCUT2D eigenvalue weighted by atomic mass is 16.1. The number of hydrogen-bond donors (Lipinski definition) is 0. The summed E-state index contributed by atoms with van der Waals surface area (Å²) in [6, 6.07) is 4.34. The molecule has 15 heavy (non-hydrogen) atoms. The highest BCUT2D eigenvalue weighted by molar-refractivity contribution is 5.77. The van der Waals surface area contributed by atoms with Gasteiger partial charge >= 0.3 is 0 Å². The zero-order valence-electron chi connectivity index (χ0n) is 9.60. The lowest BCUT2D eigenvalue weighted by Crippen LogP contribution is -2.34. The Morgan fingerprint density at radius 1 is 1.40 bits per heavy atom. The van der Waals surface area contributed by atoms with Crippen LogP contribution in [0.5, 0.6) is 0 Å². The molecule has 3 heteroatoms. The molecule has 0 bridgehead atoms. The maximum atomic E-state index is 11.1. The highest BCUT2D eigenvalue weighted by Gasteiger charge is 2.11. The van der Waals surface area contributed by atoms with Crippen molar-refractivity contribution in [3.8, 4) is 0 Å². The van der Waals surface area contributed by atoms with Crippen molar-refractivity contribution in [1.82, 2.24) is 9.88 Å². The fraction of sp³-hybridized carbons (Fsp3) is 0.500. The molecule has 3 nitrogen and oxygen atoms in total. The van der Waals surface area contributed by atoms with Gasteiger partial charge in [0.25, 0.3) is 0 Å². The second-order valence-corrected chi connectivity index (χ2v) is 4.06. The van der Waals surface area contributed by atoms with Crippen LogP contribution in [-0.4, -0.2) is 28.3 Å². The van der Waals surface area contributed by atoms with Gasteiger partial charge in [0.15, 0.2) is 0 Å². The molecule has 0 aliphatic heterocycles. The van der Waals surface area contributed by atoms with Crippen LogP contribution >= 0.6 is 0 Å². The number of carbonyl (C=O) groups excluding carboxylic acids is 1. The molecule has 1 heterocycles. The molecule has 0 unspecified atom stereocenters. The van der Waals surface area contributed by atoms with Crippen molar-refractivity contribution >= 4 is 5.78 Å². The summed E-state index contributed by atoms with van der Waals surface area (Å²) in [5.41, 5.74) is 1.19. The summed E-state index contributed by atoms with van der Waals surface area (Å²) in [6.45, 7) is 7.15. The number of carbonyl (C=O) groups is 1. The van der Waals surface area contributed by atoms with Gasteiger partial charge in [-0.15, -0.1) is 0 Å². The second kappa shape index (κ2) is 5.61. The maximum absolute atomic E-state index is 11.1. The predicted octanol–water partition coefficient (Wildman–Crippen LogP) is 1.88. The Kier molecular flexibility index (Phi) is 4.43. The van der Waals surface area contributed by atoms with Crippen molar-refractivity contribution in [2.45, 2.75) is 33.4 Å². The van der Waals surface area contributed by atoms with Gasteiger partial charge < -0.3 is 0 Å². The third-order valence-corrected chi connectivity index (χ3v) is 2.29. The average Bonchev–Trinajstić information content (AvgIpc) is 2.17. The van der Waals surface area contributed by atoms with E-state index < -0.39 is 0 Å².